The van der Waals surface area contributed by atoms with Gasteiger partial charge < -0.3 is 15.5 Å². The summed E-state index contributed by atoms with van der Waals surface area (Å²) in [6, 6.07) is 3.98. The monoisotopic (exact) mass is 196 g/mol. The predicted octanol–water partition coefficient (Wildman–Crippen LogP) is 0.814. The van der Waals surface area contributed by atoms with Crippen LogP contribution in [0.1, 0.15) is 6.92 Å². The van der Waals surface area contributed by atoms with Crippen LogP contribution in [0, 0.1) is 0 Å². The topological polar surface area (TPSA) is 72.2 Å². The van der Waals surface area contributed by atoms with Gasteiger partial charge in [-0.05, 0) is 13.0 Å². The van der Waals surface area contributed by atoms with Crippen molar-refractivity contribution in [2.24, 2.45) is 5.84 Å². The average Bonchev–Trinajstić information content (AvgIpc) is 2.18. The van der Waals surface area contributed by atoms with Crippen molar-refractivity contribution in [2.75, 3.05) is 24.5 Å². The quantitative estimate of drug-likeness (QED) is 0.480. The van der Waals surface area contributed by atoms with E-state index in [1.165, 1.54) is 0 Å². The van der Waals surface area contributed by atoms with Gasteiger partial charge in [-0.25, -0.2) is 10.8 Å². The molecule has 14 heavy (non-hydrogen) atoms. The lowest BCUT2D eigenvalue weighted by Gasteiger charge is -2.14. The van der Waals surface area contributed by atoms with Crippen molar-refractivity contribution in [3.63, 3.8) is 0 Å². The molecule has 5 heteroatoms. The summed E-state index contributed by atoms with van der Waals surface area (Å²) >= 11 is 0. The fourth-order valence-electron chi connectivity index (χ4n) is 1.18. The molecule has 1 heterocycles. The third kappa shape index (κ3) is 3.20. The number of hydrogen-bond acceptors (Lipinski definition) is 5. The zero-order valence-electron chi connectivity index (χ0n) is 8.45. The summed E-state index contributed by atoms with van der Waals surface area (Å²) in [6.45, 7) is 2.70. The fraction of sp³-hybridized carbons (Fsp3) is 0.444. The molecule has 0 spiro atoms. The summed E-state index contributed by atoms with van der Waals surface area (Å²) in [4.78, 5) is 4.00. The molecular formula is C9H16N4O. The van der Waals surface area contributed by atoms with Gasteiger partial charge in [0.15, 0.2) is 0 Å². The Bertz CT molecular complexity index is 279. The Kier molecular flexibility index (Phi) is 4.15. The molecule has 0 saturated carbocycles. The minimum Gasteiger partial charge on any atom is -0.383 e. The minimum atomic E-state index is 0.257. The molecule has 4 N–H and O–H groups in total. The van der Waals surface area contributed by atoms with E-state index in [4.69, 9.17) is 10.6 Å². The van der Waals surface area contributed by atoms with Crippen LogP contribution in [0.4, 0.5) is 11.5 Å². The van der Waals surface area contributed by atoms with Crippen molar-refractivity contribution in [2.45, 2.75) is 13.0 Å². The van der Waals surface area contributed by atoms with E-state index >= 15 is 0 Å². The van der Waals surface area contributed by atoms with E-state index in [2.05, 4.69) is 15.7 Å². The van der Waals surface area contributed by atoms with E-state index in [0.29, 0.717) is 12.4 Å². The number of ether oxygens (including phenoxy) is 1. The molecule has 0 aliphatic rings. The van der Waals surface area contributed by atoms with Crippen LogP contribution in [0.2, 0.25) is 0 Å². The number of hydrazine groups is 1. The third-order valence-corrected chi connectivity index (χ3v) is 1.74. The predicted molar refractivity (Wildman–Crippen MR) is 57.0 cm³/mol. The Morgan fingerprint density at radius 3 is 3.07 bits per heavy atom. The van der Waals surface area contributed by atoms with Gasteiger partial charge in [0.05, 0.1) is 6.61 Å². The first-order valence-electron chi connectivity index (χ1n) is 4.44. The highest BCUT2D eigenvalue weighted by molar-refractivity contribution is 5.51. The minimum absolute atomic E-state index is 0.257. The van der Waals surface area contributed by atoms with E-state index in [0.717, 1.165) is 5.69 Å². The maximum absolute atomic E-state index is 5.24. The van der Waals surface area contributed by atoms with Gasteiger partial charge in [-0.2, -0.15) is 0 Å². The molecule has 5 nitrogen and oxygen atoms in total. The smallest absolute Gasteiger partial charge is 0.141 e. The van der Waals surface area contributed by atoms with E-state index in [1.54, 1.807) is 13.3 Å². The summed E-state index contributed by atoms with van der Waals surface area (Å²) in [5.74, 6) is 5.88. The second-order valence-corrected chi connectivity index (χ2v) is 3.07. The number of nitrogens with two attached hydrogens (primary N) is 1. The van der Waals surface area contributed by atoms with Crippen LogP contribution in [-0.4, -0.2) is 24.7 Å². The normalized spacial score (nSPS) is 12.2. The lowest BCUT2D eigenvalue weighted by atomic mass is 10.3. The van der Waals surface area contributed by atoms with Gasteiger partial charge in [0.25, 0.3) is 0 Å². The summed E-state index contributed by atoms with van der Waals surface area (Å²) in [7, 11) is 1.68. The number of anilines is 2. The molecule has 0 aliphatic heterocycles. The molecule has 1 aromatic rings. The maximum Gasteiger partial charge on any atom is 0.141 e. The van der Waals surface area contributed by atoms with E-state index in [1.807, 2.05) is 19.1 Å². The van der Waals surface area contributed by atoms with Crippen LogP contribution in [-0.2, 0) is 4.74 Å². The Labute approximate surface area is 83.6 Å². The first-order valence-corrected chi connectivity index (χ1v) is 4.44. The van der Waals surface area contributed by atoms with Crippen LogP contribution in [0.15, 0.2) is 18.3 Å². The highest BCUT2D eigenvalue weighted by atomic mass is 16.5. The standard InChI is InChI=1S/C9H16N4O/c1-7(6-14-2)12-8-3-4-11-9(5-8)13-10/h3-5,7H,6,10H2,1-2H3,(H2,11,12,13). The third-order valence-electron chi connectivity index (χ3n) is 1.74. The summed E-state index contributed by atoms with van der Waals surface area (Å²) < 4.78 is 5.01. The molecule has 0 bridgehead atoms. The molecule has 0 fully saturated rings. The molecule has 1 atom stereocenters. The zero-order valence-corrected chi connectivity index (χ0v) is 8.45. The van der Waals surface area contributed by atoms with Gasteiger partial charge >= 0.3 is 0 Å². The Hall–Kier alpha value is -1.33. The van der Waals surface area contributed by atoms with Crippen LogP contribution in [0.3, 0.4) is 0 Å². The Morgan fingerprint density at radius 2 is 2.43 bits per heavy atom. The van der Waals surface area contributed by atoms with Crippen LogP contribution < -0.4 is 16.6 Å². The number of hydrogen-bond donors (Lipinski definition) is 3. The van der Waals surface area contributed by atoms with Gasteiger partial charge in [0, 0.05) is 31.1 Å². The van der Waals surface area contributed by atoms with E-state index in [-0.39, 0.29) is 6.04 Å². The van der Waals surface area contributed by atoms with Gasteiger partial charge in [-0.1, -0.05) is 0 Å². The highest BCUT2D eigenvalue weighted by Gasteiger charge is 2.01. The molecule has 1 aromatic heterocycles. The second kappa shape index (κ2) is 5.41. The summed E-state index contributed by atoms with van der Waals surface area (Å²) in [5.41, 5.74) is 3.46. The molecule has 0 saturated heterocycles. The van der Waals surface area contributed by atoms with Gasteiger partial charge in [-0.3, -0.25) is 0 Å². The molecule has 1 unspecified atom stereocenters. The van der Waals surface area contributed by atoms with E-state index in [9.17, 15) is 0 Å². The number of rotatable bonds is 5. The number of nitrogens with zero attached hydrogens (tertiary/aromatic N) is 1. The highest BCUT2D eigenvalue weighted by Crippen LogP contribution is 2.11. The molecular weight excluding hydrogens is 180 g/mol. The molecule has 0 amide bonds. The molecule has 0 aromatic carbocycles. The van der Waals surface area contributed by atoms with Crippen molar-refractivity contribution < 1.29 is 4.74 Å². The van der Waals surface area contributed by atoms with Gasteiger partial charge in [0.1, 0.15) is 5.82 Å². The first-order chi connectivity index (χ1) is 6.76. The summed E-state index contributed by atoms with van der Waals surface area (Å²) in [5, 5.41) is 3.26. The fourth-order valence-corrected chi connectivity index (χ4v) is 1.18. The molecule has 1 rings (SSSR count). The van der Waals surface area contributed by atoms with Crippen LogP contribution in [0.5, 0.6) is 0 Å². The second-order valence-electron chi connectivity index (χ2n) is 3.07. The molecule has 0 aliphatic carbocycles. The lowest BCUT2D eigenvalue weighted by molar-refractivity contribution is 0.190. The number of methoxy groups -OCH3 is 1. The maximum atomic E-state index is 5.24. The molecule has 78 valence electrons. The SMILES string of the molecule is COCC(C)Nc1ccnc(NN)c1. The molecule has 0 radical (unpaired) electrons. The summed E-state index contributed by atoms with van der Waals surface area (Å²) in [6.07, 6.45) is 1.69. The van der Waals surface area contributed by atoms with Crippen LogP contribution >= 0.6 is 0 Å². The average molecular weight is 196 g/mol. The van der Waals surface area contributed by atoms with Gasteiger partial charge in [0.2, 0.25) is 0 Å². The van der Waals surface area contributed by atoms with Crippen LogP contribution in [0.25, 0.3) is 0 Å². The zero-order chi connectivity index (χ0) is 10.4. The number of aromatic nitrogens is 1. The first kappa shape index (κ1) is 10.7. The van der Waals surface area contributed by atoms with Crippen molar-refractivity contribution in [1.82, 2.24) is 4.98 Å². The number of nitrogens with one attached hydrogen (secondary N) is 2. The van der Waals surface area contributed by atoms with Crippen molar-refractivity contribution in [3.8, 4) is 0 Å². The van der Waals surface area contributed by atoms with Crippen molar-refractivity contribution >= 4 is 11.5 Å². The largest absolute Gasteiger partial charge is 0.383 e. The Morgan fingerprint density at radius 1 is 1.64 bits per heavy atom. The van der Waals surface area contributed by atoms with Crippen molar-refractivity contribution in [1.29, 1.82) is 0 Å². The lowest BCUT2D eigenvalue weighted by Crippen LogP contribution is -2.21. The number of pyridine rings is 1. The number of nitrogen functional groups attached to an aromatic ring is 1. The van der Waals surface area contributed by atoms with E-state index < -0.39 is 0 Å². The Balaban J connectivity index is 2.57. The van der Waals surface area contributed by atoms with Crippen molar-refractivity contribution in [3.05, 3.63) is 18.3 Å². The van der Waals surface area contributed by atoms with Gasteiger partial charge in [-0.15, -0.1) is 0 Å².